The number of hydrogen-bond donors (Lipinski definition) is 1. The van der Waals surface area contributed by atoms with Crippen LogP contribution in [0.1, 0.15) is 16.1 Å². The standard InChI is InChI=1S/C22H19N3O4S/c1-13-19(20(25-29-13)14-7-5-4-6-8-14)21(26)24-22-23-17(12-30-22)16-11-15(27-2)9-10-18(16)28-3/h4-12H,1-3H3,(H,23,24,26). The van der Waals surface area contributed by atoms with E-state index in [1.54, 1.807) is 21.1 Å². The average molecular weight is 421 g/mol. The van der Waals surface area contributed by atoms with Gasteiger partial charge in [0.2, 0.25) is 0 Å². The summed E-state index contributed by atoms with van der Waals surface area (Å²) in [6.45, 7) is 1.71. The van der Waals surface area contributed by atoms with Crippen molar-refractivity contribution in [3.63, 3.8) is 0 Å². The Balaban J connectivity index is 1.62. The fourth-order valence-corrected chi connectivity index (χ4v) is 3.77. The van der Waals surface area contributed by atoms with E-state index in [4.69, 9.17) is 14.0 Å². The number of methoxy groups -OCH3 is 2. The molecule has 0 spiro atoms. The van der Waals surface area contributed by atoms with Gasteiger partial charge in [0.1, 0.15) is 28.5 Å². The minimum Gasteiger partial charge on any atom is -0.497 e. The second kappa shape index (κ2) is 8.38. The molecule has 0 saturated heterocycles. The normalized spacial score (nSPS) is 10.6. The van der Waals surface area contributed by atoms with Crippen LogP contribution in [0, 0.1) is 6.92 Å². The van der Waals surface area contributed by atoms with Crippen molar-refractivity contribution in [1.29, 1.82) is 0 Å². The molecule has 30 heavy (non-hydrogen) atoms. The number of hydrogen-bond acceptors (Lipinski definition) is 7. The van der Waals surface area contributed by atoms with Crippen molar-refractivity contribution in [2.75, 3.05) is 19.5 Å². The van der Waals surface area contributed by atoms with E-state index >= 15 is 0 Å². The summed E-state index contributed by atoms with van der Waals surface area (Å²) in [6.07, 6.45) is 0. The van der Waals surface area contributed by atoms with Gasteiger partial charge in [-0.25, -0.2) is 4.98 Å². The number of anilines is 1. The maximum atomic E-state index is 13.0. The van der Waals surface area contributed by atoms with E-state index in [1.165, 1.54) is 11.3 Å². The van der Waals surface area contributed by atoms with Crippen molar-refractivity contribution in [3.05, 3.63) is 65.2 Å². The van der Waals surface area contributed by atoms with Crippen LogP contribution in [-0.4, -0.2) is 30.3 Å². The number of aryl methyl sites for hydroxylation is 1. The summed E-state index contributed by atoms with van der Waals surface area (Å²) in [5.41, 5.74) is 3.14. The summed E-state index contributed by atoms with van der Waals surface area (Å²) in [5.74, 6) is 1.47. The van der Waals surface area contributed by atoms with E-state index in [-0.39, 0.29) is 5.91 Å². The highest BCUT2D eigenvalue weighted by Gasteiger charge is 2.22. The predicted octanol–water partition coefficient (Wildman–Crippen LogP) is 5.04. The van der Waals surface area contributed by atoms with Gasteiger partial charge in [-0.05, 0) is 25.1 Å². The van der Waals surface area contributed by atoms with Crippen LogP contribution in [0.5, 0.6) is 11.5 Å². The van der Waals surface area contributed by atoms with Crippen LogP contribution in [-0.2, 0) is 0 Å². The van der Waals surface area contributed by atoms with Crippen molar-refractivity contribution >= 4 is 22.4 Å². The zero-order valence-corrected chi connectivity index (χ0v) is 17.4. The average Bonchev–Trinajstić information content (AvgIpc) is 3.40. The van der Waals surface area contributed by atoms with Gasteiger partial charge in [0, 0.05) is 16.5 Å². The van der Waals surface area contributed by atoms with E-state index in [1.807, 2.05) is 53.9 Å². The van der Waals surface area contributed by atoms with Gasteiger partial charge < -0.3 is 14.0 Å². The topological polar surface area (TPSA) is 86.5 Å². The van der Waals surface area contributed by atoms with Gasteiger partial charge in [-0.2, -0.15) is 0 Å². The van der Waals surface area contributed by atoms with Crippen LogP contribution < -0.4 is 14.8 Å². The van der Waals surface area contributed by atoms with Crippen molar-refractivity contribution in [2.45, 2.75) is 6.92 Å². The maximum Gasteiger partial charge on any atom is 0.263 e. The molecule has 152 valence electrons. The molecular weight excluding hydrogens is 402 g/mol. The summed E-state index contributed by atoms with van der Waals surface area (Å²) in [4.78, 5) is 17.5. The van der Waals surface area contributed by atoms with E-state index in [0.29, 0.717) is 39.3 Å². The first-order chi connectivity index (χ1) is 14.6. The van der Waals surface area contributed by atoms with Crippen molar-refractivity contribution in [3.8, 4) is 34.0 Å². The minimum absolute atomic E-state index is 0.328. The molecule has 8 heteroatoms. The van der Waals surface area contributed by atoms with Gasteiger partial charge in [0.25, 0.3) is 5.91 Å². The first kappa shape index (κ1) is 19.7. The molecule has 1 N–H and O–H groups in total. The van der Waals surface area contributed by atoms with Crippen LogP contribution in [0.4, 0.5) is 5.13 Å². The van der Waals surface area contributed by atoms with Crippen molar-refractivity contribution < 1.29 is 18.8 Å². The maximum absolute atomic E-state index is 13.0. The van der Waals surface area contributed by atoms with E-state index < -0.39 is 0 Å². The lowest BCUT2D eigenvalue weighted by Crippen LogP contribution is -2.13. The molecule has 0 unspecified atom stereocenters. The lowest BCUT2D eigenvalue weighted by Gasteiger charge is -2.08. The van der Waals surface area contributed by atoms with Crippen LogP contribution in [0.2, 0.25) is 0 Å². The SMILES string of the molecule is COc1ccc(OC)c(-c2csc(NC(=O)c3c(-c4ccccc4)noc3C)n2)c1. The Kier molecular flexibility index (Phi) is 5.49. The molecule has 2 heterocycles. The van der Waals surface area contributed by atoms with Crippen LogP contribution >= 0.6 is 11.3 Å². The number of carbonyl (C=O) groups excluding carboxylic acids is 1. The molecule has 0 atom stereocenters. The summed E-state index contributed by atoms with van der Waals surface area (Å²) in [7, 11) is 3.20. The fraction of sp³-hybridized carbons (Fsp3) is 0.136. The van der Waals surface area contributed by atoms with Crippen LogP contribution in [0.3, 0.4) is 0 Å². The number of thiazole rings is 1. The third-order valence-electron chi connectivity index (χ3n) is 4.54. The van der Waals surface area contributed by atoms with Gasteiger partial charge in [-0.15, -0.1) is 11.3 Å². The zero-order chi connectivity index (χ0) is 21.1. The number of aromatic nitrogens is 2. The molecule has 4 rings (SSSR count). The summed E-state index contributed by atoms with van der Waals surface area (Å²) in [6, 6.07) is 14.9. The molecule has 4 aromatic rings. The monoisotopic (exact) mass is 421 g/mol. The Hall–Kier alpha value is -3.65. The molecule has 0 radical (unpaired) electrons. The van der Waals surface area contributed by atoms with Gasteiger partial charge in [-0.1, -0.05) is 35.5 Å². The first-order valence-electron chi connectivity index (χ1n) is 9.11. The highest BCUT2D eigenvalue weighted by Crippen LogP contribution is 2.35. The number of nitrogens with one attached hydrogen (secondary N) is 1. The molecule has 7 nitrogen and oxygen atoms in total. The third kappa shape index (κ3) is 3.77. The van der Waals surface area contributed by atoms with E-state index in [9.17, 15) is 4.79 Å². The highest BCUT2D eigenvalue weighted by molar-refractivity contribution is 7.14. The molecular formula is C22H19N3O4S. The highest BCUT2D eigenvalue weighted by atomic mass is 32.1. The minimum atomic E-state index is -0.328. The van der Waals surface area contributed by atoms with Gasteiger partial charge in [-0.3, -0.25) is 10.1 Å². The number of rotatable bonds is 6. The first-order valence-corrected chi connectivity index (χ1v) is 9.99. The van der Waals surface area contributed by atoms with Crippen LogP contribution in [0.15, 0.2) is 58.4 Å². The third-order valence-corrected chi connectivity index (χ3v) is 5.30. The molecule has 0 saturated carbocycles. The Bertz CT molecular complexity index is 1180. The van der Waals surface area contributed by atoms with Crippen LogP contribution in [0.25, 0.3) is 22.5 Å². The Morgan fingerprint density at radius 2 is 1.90 bits per heavy atom. The molecule has 0 aliphatic heterocycles. The fourth-order valence-electron chi connectivity index (χ4n) is 3.06. The molecule has 0 aliphatic rings. The number of carbonyl (C=O) groups is 1. The summed E-state index contributed by atoms with van der Waals surface area (Å²) >= 11 is 1.32. The van der Waals surface area contributed by atoms with Crippen molar-refractivity contribution in [2.24, 2.45) is 0 Å². The Morgan fingerprint density at radius 3 is 2.63 bits per heavy atom. The van der Waals surface area contributed by atoms with Crippen molar-refractivity contribution in [1.82, 2.24) is 10.1 Å². The quantitative estimate of drug-likeness (QED) is 0.469. The Labute approximate surface area is 177 Å². The number of ether oxygens (including phenoxy) is 2. The molecule has 0 bridgehead atoms. The molecule has 2 aromatic heterocycles. The molecule has 0 fully saturated rings. The second-order valence-corrected chi connectivity index (χ2v) is 7.24. The zero-order valence-electron chi connectivity index (χ0n) is 16.6. The lowest BCUT2D eigenvalue weighted by atomic mass is 10.1. The summed E-state index contributed by atoms with van der Waals surface area (Å²) in [5, 5.41) is 9.22. The molecule has 0 aliphatic carbocycles. The number of amides is 1. The van der Waals surface area contributed by atoms with E-state index in [0.717, 1.165) is 11.1 Å². The number of benzene rings is 2. The molecule has 1 amide bonds. The van der Waals surface area contributed by atoms with E-state index in [2.05, 4.69) is 15.5 Å². The summed E-state index contributed by atoms with van der Waals surface area (Å²) < 4.78 is 16.0. The lowest BCUT2D eigenvalue weighted by molar-refractivity contribution is 0.102. The van der Waals surface area contributed by atoms with Gasteiger partial charge >= 0.3 is 0 Å². The predicted molar refractivity (Wildman–Crippen MR) is 115 cm³/mol. The van der Waals surface area contributed by atoms with Gasteiger partial charge in [0.15, 0.2) is 5.13 Å². The second-order valence-electron chi connectivity index (χ2n) is 6.39. The smallest absolute Gasteiger partial charge is 0.263 e. The molecule has 2 aromatic carbocycles. The van der Waals surface area contributed by atoms with Gasteiger partial charge in [0.05, 0.1) is 19.9 Å². The largest absolute Gasteiger partial charge is 0.497 e. The Morgan fingerprint density at radius 1 is 1.10 bits per heavy atom. The number of nitrogens with zero attached hydrogens (tertiary/aromatic N) is 2.